The Labute approximate surface area is 606 Å². The molecular weight excluding hydrogens is 1320 g/mol. The zero-order valence-electron chi connectivity index (χ0n) is 62.2. The molecule has 28 nitrogen and oxygen atoms in total. The third-order valence-corrected chi connectivity index (χ3v) is 20.6. The van der Waals surface area contributed by atoms with Crippen LogP contribution in [0, 0.1) is 17.8 Å². The molecule has 0 aliphatic carbocycles. The molecule has 2 saturated heterocycles. The van der Waals surface area contributed by atoms with Crippen molar-refractivity contribution >= 4 is 70.5 Å². The van der Waals surface area contributed by atoms with Gasteiger partial charge in [0.2, 0.25) is 23.6 Å². The molecule has 16 N–H and O–H groups in total. The Morgan fingerprint density at radius 3 is 1.72 bits per heavy atom. The molecule has 3 rings (SSSR count). The predicted octanol–water partition coefficient (Wildman–Crippen LogP) is 3.61. The van der Waals surface area contributed by atoms with E-state index in [1.807, 2.05) is 25.6 Å². The van der Waals surface area contributed by atoms with Crippen LogP contribution in [0.3, 0.4) is 0 Å². The number of amides is 7. The molecule has 3 heterocycles. The minimum absolute atomic E-state index is 0.0887. The van der Waals surface area contributed by atoms with Crippen molar-refractivity contribution in [2.45, 2.75) is 261 Å². The number of Topliss-reactive ketones (excluding diaryl/α,β-unsaturated/α-hetero) is 4. The van der Waals surface area contributed by atoms with Gasteiger partial charge in [0.05, 0.1) is 103 Å². The highest BCUT2D eigenvalue weighted by atomic mass is 32.2. The summed E-state index contributed by atoms with van der Waals surface area (Å²) in [6.45, 7) is 9.94. The van der Waals surface area contributed by atoms with E-state index in [0.29, 0.717) is 154 Å². The maximum absolute atomic E-state index is 14.2. The van der Waals surface area contributed by atoms with Gasteiger partial charge in [0.15, 0.2) is 5.78 Å². The number of carbonyl (C=O) groups excluding carboxylic acids is 10. The van der Waals surface area contributed by atoms with Gasteiger partial charge >= 0.3 is 6.03 Å². The van der Waals surface area contributed by atoms with Gasteiger partial charge in [-0.3, -0.25) is 43.2 Å². The molecule has 101 heavy (non-hydrogen) atoms. The number of urea groups is 1. The van der Waals surface area contributed by atoms with Crippen molar-refractivity contribution in [3.05, 3.63) is 0 Å². The Kier molecular flexibility index (Phi) is 51.1. The van der Waals surface area contributed by atoms with E-state index in [4.69, 9.17) is 23.7 Å². The molecule has 10 unspecified atom stereocenters. The fourth-order valence-corrected chi connectivity index (χ4v) is 14.4. The fourth-order valence-electron chi connectivity index (χ4n) is 12.8. The molecule has 3 aliphatic heterocycles. The normalized spacial score (nSPS) is 18.0. The van der Waals surface area contributed by atoms with Gasteiger partial charge in [-0.15, -0.1) is 0 Å². The number of rotatable bonds is 67. The smallest absolute Gasteiger partial charge is 0.315 e. The van der Waals surface area contributed by atoms with Crippen molar-refractivity contribution in [1.82, 2.24) is 42.2 Å². The number of hydrogen-bond acceptors (Lipinski definition) is 19. The molecule has 0 aromatic rings. The van der Waals surface area contributed by atoms with Crippen molar-refractivity contribution < 1.29 is 88.8 Å². The van der Waals surface area contributed by atoms with Crippen LogP contribution in [-0.2, 0) is 66.8 Å². The number of ether oxygens (including phenoxy) is 5. The van der Waals surface area contributed by atoms with Gasteiger partial charge in [-0.1, -0.05) is 38.3 Å². The lowest BCUT2D eigenvalue weighted by molar-refractivity contribution is -0.369. The van der Waals surface area contributed by atoms with Gasteiger partial charge in [0.1, 0.15) is 29.4 Å². The summed E-state index contributed by atoms with van der Waals surface area (Å²) >= 11 is 1.88. The number of nitrogens with one attached hydrogen (secondary N) is 7. The van der Waals surface area contributed by atoms with E-state index in [9.17, 15) is 47.9 Å². The molecule has 10 atom stereocenters. The number of fused-ring (bicyclic) bond motifs is 1. The second kappa shape index (κ2) is 57.2. The third-order valence-electron chi connectivity index (χ3n) is 19.1. The van der Waals surface area contributed by atoms with Crippen LogP contribution < -0.4 is 54.4 Å². The van der Waals surface area contributed by atoms with Crippen molar-refractivity contribution in [3.63, 3.8) is 0 Å². The van der Waals surface area contributed by atoms with E-state index in [1.54, 1.807) is 14.2 Å². The van der Waals surface area contributed by atoms with Crippen LogP contribution in [0.5, 0.6) is 0 Å². The Bertz CT molecular complexity index is 2400. The van der Waals surface area contributed by atoms with E-state index in [1.165, 1.54) is 5.01 Å². The van der Waals surface area contributed by atoms with Gasteiger partial charge in [0, 0.05) is 101 Å². The van der Waals surface area contributed by atoms with Crippen LogP contribution in [-0.4, -0.2) is 224 Å². The summed E-state index contributed by atoms with van der Waals surface area (Å²) in [5.74, 6) is -0.700. The first-order valence-corrected chi connectivity index (χ1v) is 39.6. The van der Waals surface area contributed by atoms with Crippen LogP contribution >= 0.6 is 11.8 Å². The van der Waals surface area contributed by atoms with Gasteiger partial charge in [-0.25, -0.2) is 9.80 Å². The Morgan fingerprint density at radius 1 is 0.554 bits per heavy atom. The molecule has 3 aliphatic rings. The number of likely N-dealkylation sites (N-methyl/N-ethyl adjacent to an activating group) is 1. The second-order valence-corrected chi connectivity index (χ2v) is 28.5. The summed E-state index contributed by atoms with van der Waals surface area (Å²) in [4.78, 5) is 132. The number of ketones is 4. The van der Waals surface area contributed by atoms with Crippen LogP contribution in [0.4, 0.5) is 4.79 Å². The quantitative estimate of drug-likeness (QED) is 0.0307. The van der Waals surface area contributed by atoms with Crippen molar-refractivity contribution in [2.24, 2.45) is 28.1 Å². The second-order valence-electron chi connectivity index (χ2n) is 27.3. The predicted molar refractivity (Wildman–Crippen MR) is 387 cm³/mol. The molecule has 0 radical (unpaired) electrons. The number of quaternary nitrogens is 3. The van der Waals surface area contributed by atoms with E-state index in [2.05, 4.69) is 64.8 Å². The lowest BCUT2D eigenvalue weighted by Gasteiger charge is -2.25. The lowest BCUT2D eigenvalue weighted by Crippen LogP contribution is -2.52. The molecule has 0 aromatic carbocycles. The molecular formula is C72H134N13O15S+3. The van der Waals surface area contributed by atoms with E-state index < -0.39 is 36.0 Å². The number of nitrogens with zero attached hydrogens (tertiary/aromatic N) is 3. The third kappa shape index (κ3) is 40.1. The largest absolute Gasteiger partial charge is 0.382 e. The molecule has 7 amide bonds. The standard InChI is InChI=1S/C72H131N13O15S/c1-5-53(23-12-17-36-73)68(91)55(25-14-19-38-75)49-63(88)59(79-69(92)54(6-2)24-13-18-37-74)29-15-20-39-77-66(90)35-44-99-47-48-100-51-56-50-85(84-83-56)71(94)61(31-9-7-8-26-58(87)33-42-98-46-45-96-4)80-70(93)60(76-3)30-16-21-40-78-65(89)34-43-97-41-22-28-57(86)27-10-11-32-64-67-62(52-101-64)81-72(95)82-67/h53-56,59-62,64,67,76H,5-52,73-75H2,1-4H3,(H,77,90)(H,78,89)(H,79,92)(H,80,93)(H2,81,82,95)/p+3. The summed E-state index contributed by atoms with van der Waals surface area (Å²) in [5, 5.41) is 31.0. The SMILES string of the molecule is CCC(CCCC[NH3+])C(=O)NC(CCCCNC(=O)CCOCCOCC1CN(C(=O)C(CCCCCC(=O)CCOCCOC)NC(=O)C(CCCCNC(=O)CCOCCCC(=O)CCCCC2SCC3NC(=O)NC32)NC)N=N1)C(=O)CC(CCCC[NH3+])C(=O)C(CC)CCCC[NH3+]. The van der Waals surface area contributed by atoms with E-state index in [0.717, 1.165) is 102 Å². The summed E-state index contributed by atoms with van der Waals surface area (Å²) < 4.78 is 27.6. The van der Waals surface area contributed by atoms with Crippen molar-refractivity contribution in [1.29, 1.82) is 0 Å². The minimum Gasteiger partial charge on any atom is -0.382 e. The zero-order valence-corrected chi connectivity index (χ0v) is 63.0. The number of unbranched alkanes of at least 4 members (excludes halogenated alkanes) is 8. The maximum atomic E-state index is 14.2. The van der Waals surface area contributed by atoms with Crippen molar-refractivity contribution in [3.8, 4) is 0 Å². The first kappa shape index (κ1) is 90.1. The van der Waals surface area contributed by atoms with Crippen LogP contribution in [0.1, 0.15) is 219 Å². The molecule has 29 heteroatoms. The number of methoxy groups -OCH3 is 1. The minimum atomic E-state index is -0.909. The number of hydrogen-bond donors (Lipinski definition) is 10. The molecule has 2 fully saturated rings. The first-order chi connectivity index (χ1) is 49.0. The summed E-state index contributed by atoms with van der Waals surface area (Å²) in [6, 6.07) is -2.42. The average molecular weight is 1450 g/mol. The summed E-state index contributed by atoms with van der Waals surface area (Å²) in [6.07, 6.45) is 19.8. The van der Waals surface area contributed by atoms with E-state index >= 15 is 0 Å². The number of thioether (sulfide) groups is 1. The lowest BCUT2D eigenvalue weighted by atomic mass is 9.81. The summed E-state index contributed by atoms with van der Waals surface area (Å²) in [5.41, 5.74) is 11.9. The first-order valence-electron chi connectivity index (χ1n) is 38.5. The highest BCUT2D eigenvalue weighted by Crippen LogP contribution is 2.33. The highest BCUT2D eigenvalue weighted by molar-refractivity contribution is 8.00. The maximum Gasteiger partial charge on any atom is 0.315 e. The van der Waals surface area contributed by atoms with Crippen LogP contribution in [0.2, 0.25) is 0 Å². The topological polar surface area (TPSA) is 412 Å². The van der Waals surface area contributed by atoms with E-state index in [-0.39, 0.29) is 136 Å². The van der Waals surface area contributed by atoms with Crippen LogP contribution in [0.15, 0.2) is 10.3 Å². The molecule has 0 bridgehead atoms. The summed E-state index contributed by atoms with van der Waals surface area (Å²) in [7, 11) is 3.27. The van der Waals surface area contributed by atoms with Gasteiger partial charge in [0.25, 0.3) is 5.91 Å². The van der Waals surface area contributed by atoms with Gasteiger partial charge in [-0.2, -0.15) is 16.9 Å². The number of carbonyl (C=O) groups is 10. The monoisotopic (exact) mass is 1450 g/mol. The van der Waals surface area contributed by atoms with Gasteiger partial charge in [-0.05, 0) is 148 Å². The average Bonchev–Trinajstić information content (AvgIpc) is 1.68. The zero-order chi connectivity index (χ0) is 73.7. The molecule has 0 spiro atoms. The van der Waals surface area contributed by atoms with Crippen LogP contribution in [0.25, 0.3) is 0 Å². The molecule has 580 valence electrons. The molecule has 0 aromatic heterocycles. The Balaban J connectivity index is 1.38. The fraction of sp³-hybridized carbons (Fsp3) is 0.861. The van der Waals surface area contributed by atoms with Crippen molar-refractivity contribution in [2.75, 3.05) is 119 Å². The molecule has 0 saturated carbocycles. The van der Waals surface area contributed by atoms with Gasteiger partial charge < -0.3 is 78.1 Å². The Morgan fingerprint density at radius 2 is 1.09 bits per heavy atom. The Hall–Kier alpha value is -5.11. The highest BCUT2D eigenvalue weighted by Gasteiger charge is 2.43.